The number of amides is 2. The van der Waals surface area contributed by atoms with Gasteiger partial charge in [-0.1, -0.05) is 41.9 Å². The van der Waals surface area contributed by atoms with Gasteiger partial charge >= 0.3 is 6.09 Å². The van der Waals surface area contributed by atoms with Crippen LogP contribution >= 0.6 is 23.8 Å². The molecule has 0 aromatic heterocycles. The highest BCUT2D eigenvalue weighted by atomic mass is 35.5. The van der Waals surface area contributed by atoms with Crippen LogP contribution in [0.15, 0.2) is 53.5 Å². The van der Waals surface area contributed by atoms with Gasteiger partial charge in [-0.15, -0.1) is 0 Å². The molecule has 0 spiro atoms. The smallest absolute Gasteiger partial charge is 0.407 e. The van der Waals surface area contributed by atoms with Gasteiger partial charge in [0.25, 0.3) is 5.91 Å². The summed E-state index contributed by atoms with van der Waals surface area (Å²) in [5, 5.41) is 6.99. The van der Waals surface area contributed by atoms with Gasteiger partial charge in [-0.05, 0) is 57.6 Å². The first-order chi connectivity index (χ1) is 17.0. The molecular formula is C26H30ClN5O3S. The van der Waals surface area contributed by atoms with Crippen molar-refractivity contribution < 1.29 is 14.3 Å². The van der Waals surface area contributed by atoms with E-state index in [2.05, 4.69) is 10.6 Å². The number of carbonyl (C=O) groups excluding carboxylic acids is 2. The fraction of sp³-hybridized carbons (Fsp3) is 0.385. The fourth-order valence-electron chi connectivity index (χ4n) is 4.21. The Morgan fingerprint density at radius 1 is 1.17 bits per heavy atom. The molecular weight excluding hydrogens is 498 g/mol. The topological polar surface area (TPSA) is 86.3 Å². The molecule has 0 radical (unpaired) electrons. The van der Waals surface area contributed by atoms with Gasteiger partial charge in [0.2, 0.25) is 6.17 Å². The molecule has 2 aromatic rings. The van der Waals surface area contributed by atoms with Crippen LogP contribution in [0.2, 0.25) is 5.02 Å². The Hall–Kier alpha value is -3.17. The van der Waals surface area contributed by atoms with E-state index >= 15 is 0 Å². The summed E-state index contributed by atoms with van der Waals surface area (Å²) >= 11 is 12.0. The van der Waals surface area contributed by atoms with Crippen LogP contribution in [0.25, 0.3) is 0 Å². The summed E-state index contributed by atoms with van der Waals surface area (Å²) in [5.41, 5.74) is 2.43. The van der Waals surface area contributed by atoms with Crippen molar-refractivity contribution in [2.45, 2.75) is 45.0 Å². The number of nitrogens with zero attached hydrogens (tertiary/aromatic N) is 3. The first-order valence-corrected chi connectivity index (χ1v) is 12.6. The van der Waals surface area contributed by atoms with Crippen molar-refractivity contribution >= 4 is 52.3 Å². The summed E-state index contributed by atoms with van der Waals surface area (Å²) < 4.78 is 5.36. The minimum absolute atomic E-state index is 0.109. The highest BCUT2D eigenvalue weighted by Gasteiger charge is 2.33. The third kappa shape index (κ3) is 5.96. The number of alkyl carbamates (subject to hydrolysis) is 1. The Labute approximate surface area is 221 Å². The zero-order valence-electron chi connectivity index (χ0n) is 20.7. The number of benzodiazepines with no additional fused rings is 1. The Bertz CT molecular complexity index is 1200. The van der Waals surface area contributed by atoms with Crippen LogP contribution < -0.4 is 15.5 Å². The SMILES string of the molecule is CN1C(=O)C(NC(=S)N2CCC(NC(=O)OC(C)(C)C)C2)N=C(c2ccccc2)c2cc(Cl)ccc21. The molecule has 190 valence electrons. The summed E-state index contributed by atoms with van der Waals surface area (Å²) in [6.07, 6.45) is -0.675. The average Bonchev–Trinajstić information content (AvgIpc) is 3.25. The molecule has 4 rings (SSSR count). The number of fused-ring (bicyclic) bond motifs is 1. The van der Waals surface area contributed by atoms with E-state index in [9.17, 15) is 9.59 Å². The lowest BCUT2D eigenvalue weighted by Gasteiger charge is -2.26. The molecule has 2 heterocycles. The molecule has 1 saturated heterocycles. The highest BCUT2D eigenvalue weighted by Crippen LogP contribution is 2.30. The van der Waals surface area contributed by atoms with Gasteiger partial charge in [0.15, 0.2) is 5.11 Å². The number of hydrogen-bond donors (Lipinski definition) is 2. The van der Waals surface area contributed by atoms with Crippen LogP contribution in [-0.2, 0) is 9.53 Å². The summed E-state index contributed by atoms with van der Waals surface area (Å²) in [7, 11) is 1.72. The molecule has 2 atom stereocenters. The molecule has 0 saturated carbocycles. The zero-order valence-corrected chi connectivity index (χ0v) is 22.3. The summed E-state index contributed by atoms with van der Waals surface area (Å²) in [6, 6.07) is 15.0. The Morgan fingerprint density at radius 3 is 2.58 bits per heavy atom. The third-order valence-electron chi connectivity index (χ3n) is 5.90. The quantitative estimate of drug-likeness (QED) is 0.588. The van der Waals surface area contributed by atoms with Crippen LogP contribution in [0.1, 0.15) is 38.3 Å². The van der Waals surface area contributed by atoms with Gasteiger partial charge in [0.1, 0.15) is 5.60 Å². The predicted octanol–water partition coefficient (Wildman–Crippen LogP) is 3.95. The van der Waals surface area contributed by atoms with Gasteiger partial charge in [-0.25, -0.2) is 9.79 Å². The van der Waals surface area contributed by atoms with Crippen molar-refractivity contribution in [2.75, 3.05) is 25.0 Å². The number of likely N-dealkylation sites (tertiary alicyclic amines) is 1. The van der Waals surface area contributed by atoms with E-state index in [4.69, 9.17) is 33.5 Å². The number of hydrogen-bond acceptors (Lipinski definition) is 5. The third-order valence-corrected chi connectivity index (χ3v) is 6.51. The van der Waals surface area contributed by atoms with E-state index in [0.717, 1.165) is 11.1 Å². The maximum absolute atomic E-state index is 13.4. The lowest BCUT2D eigenvalue weighted by atomic mass is 10.0. The predicted molar refractivity (Wildman–Crippen MR) is 146 cm³/mol. The molecule has 2 aliphatic heterocycles. The molecule has 1 fully saturated rings. The average molecular weight is 528 g/mol. The number of benzene rings is 2. The molecule has 2 N–H and O–H groups in total. The number of nitrogens with one attached hydrogen (secondary N) is 2. The monoisotopic (exact) mass is 527 g/mol. The summed E-state index contributed by atoms with van der Waals surface area (Å²) in [4.78, 5) is 33.9. The second kappa shape index (κ2) is 10.4. The number of halogens is 1. The fourth-order valence-corrected chi connectivity index (χ4v) is 4.66. The van der Waals surface area contributed by atoms with Crippen molar-refractivity contribution in [1.29, 1.82) is 0 Å². The van der Waals surface area contributed by atoms with Gasteiger partial charge in [-0.3, -0.25) is 4.79 Å². The van der Waals surface area contributed by atoms with E-state index in [-0.39, 0.29) is 11.9 Å². The number of likely N-dealkylation sites (N-methyl/N-ethyl adjacent to an activating group) is 1. The molecule has 0 bridgehead atoms. The standard InChI is InChI=1S/C26H30ClN5O3S/c1-26(2,3)35-25(34)28-18-12-13-32(15-18)24(36)30-22-23(33)31(4)20-11-10-17(27)14-19(20)21(29-22)16-8-6-5-7-9-16/h5-11,14,18,22H,12-13,15H2,1-4H3,(H,28,34)(H,30,36). The number of anilines is 1. The van der Waals surface area contributed by atoms with E-state index < -0.39 is 17.9 Å². The second-order valence-electron chi connectivity index (χ2n) is 9.83. The maximum Gasteiger partial charge on any atom is 0.407 e. The molecule has 0 aliphatic carbocycles. The molecule has 2 aromatic carbocycles. The lowest BCUT2D eigenvalue weighted by molar-refractivity contribution is -0.119. The van der Waals surface area contributed by atoms with E-state index in [0.29, 0.717) is 41.0 Å². The minimum atomic E-state index is -0.929. The van der Waals surface area contributed by atoms with Crippen LogP contribution in [-0.4, -0.2) is 65.7 Å². The van der Waals surface area contributed by atoms with Crippen LogP contribution in [0.5, 0.6) is 0 Å². The number of thiocarbonyl (C=S) groups is 1. The summed E-state index contributed by atoms with van der Waals surface area (Å²) in [5.74, 6) is -0.241. The zero-order chi connectivity index (χ0) is 26.0. The first kappa shape index (κ1) is 25.9. The maximum atomic E-state index is 13.4. The minimum Gasteiger partial charge on any atom is -0.444 e. The van der Waals surface area contributed by atoms with Crippen LogP contribution in [0.4, 0.5) is 10.5 Å². The van der Waals surface area contributed by atoms with E-state index in [1.807, 2.05) is 68.1 Å². The molecule has 2 amide bonds. The Kier molecular flexibility index (Phi) is 7.51. The van der Waals surface area contributed by atoms with Crippen molar-refractivity contribution in [3.63, 3.8) is 0 Å². The van der Waals surface area contributed by atoms with Gasteiger partial charge in [0, 0.05) is 36.3 Å². The summed E-state index contributed by atoms with van der Waals surface area (Å²) in [6.45, 7) is 6.61. The molecule has 8 nitrogen and oxygen atoms in total. The second-order valence-corrected chi connectivity index (χ2v) is 10.7. The van der Waals surface area contributed by atoms with Crippen molar-refractivity contribution in [3.8, 4) is 0 Å². The number of ether oxygens (including phenoxy) is 1. The number of rotatable bonds is 3. The van der Waals surface area contributed by atoms with Gasteiger partial charge in [-0.2, -0.15) is 0 Å². The van der Waals surface area contributed by atoms with Crippen molar-refractivity contribution in [3.05, 3.63) is 64.7 Å². The van der Waals surface area contributed by atoms with Crippen molar-refractivity contribution in [1.82, 2.24) is 15.5 Å². The molecule has 36 heavy (non-hydrogen) atoms. The van der Waals surface area contributed by atoms with Crippen LogP contribution in [0.3, 0.4) is 0 Å². The first-order valence-electron chi connectivity index (χ1n) is 11.8. The lowest BCUT2D eigenvalue weighted by Crippen LogP contribution is -2.50. The highest BCUT2D eigenvalue weighted by molar-refractivity contribution is 7.80. The Balaban J connectivity index is 1.54. The van der Waals surface area contributed by atoms with E-state index in [1.54, 1.807) is 18.0 Å². The van der Waals surface area contributed by atoms with Gasteiger partial charge in [0.05, 0.1) is 17.4 Å². The normalized spacial score (nSPS) is 19.8. The number of carbonyl (C=O) groups is 2. The van der Waals surface area contributed by atoms with Crippen LogP contribution in [0, 0.1) is 0 Å². The largest absolute Gasteiger partial charge is 0.444 e. The van der Waals surface area contributed by atoms with E-state index in [1.165, 1.54) is 0 Å². The molecule has 2 unspecified atom stereocenters. The number of aliphatic imine (C=N–C) groups is 1. The molecule has 10 heteroatoms. The molecule has 2 aliphatic rings. The van der Waals surface area contributed by atoms with Crippen molar-refractivity contribution in [2.24, 2.45) is 4.99 Å². The Morgan fingerprint density at radius 2 is 1.89 bits per heavy atom. The van der Waals surface area contributed by atoms with Gasteiger partial charge < -0.3 is 25.2 Å².